The minimum Gasteiger partial charge on any atom is -0.463 e. The van der Waals surface area contributed by atoms with Crippen LogP contribution in [-0.2, 0) is 9.53 Å². The van der Waals surface area contributed by atoms with Crippen molar-refractivity contribution in [1.29, 1.82) is 0 Å². The normalized spacial score (nSPS) is 12.3. The molecule has 0 aliphatic heterocycles. The zero-order valence-electron chi connectivity index (χ0n) is 11.1. The van der Waals surface area contributed by atoms with Crippen molar-refractivity contribution >= 4 is 11.9 Å². The van der Waals surface area contributed by atoms with Crippen molar-refractivity contribution in [3.8, 4) is 0 Å². The predicted molar refractivity (Wildman–Crippen MR) is 66.1 cm³/mol. The molecule has 0 radical (unpaired) electrons. The molecule has 1 atom stereocenters. The van der Waals surface area contributed by atoms with Crippen LogP contribution in [0, 0.1) is 5.92 Å². The Hall–Kier alpha value is -1.78. The zero-order valence-corrected chi connectivity index (χ0v) is 11.1. The predicted octanol–water partition coefficient (Wildman–Crippen LogP) is 2.29. The fourth-order valence-corrected chi connectivity index (χ4v) is 1.71. The Labute approximate surface area is 106 Å². The van der Waals surface area contributed by atoms with Crippen LogP contribution >= 0.6 is 0 Å². The summed E-state index contributed by atoms with van der Waals surface area (Å²) < 4.78 is 9.98. The maximum absolute atomic E-state index is 11.3. The third-order valence-electron chi connectivity index (χ3n) is 2.44. The Balaban J connectivity index is 2.87. The number of hydrogen-bond donors (Lipinski definition) is 1. The van der Waals surface area contributed by atoms with E-state index in [9.17, 15) is 9.59 Å². The van der Waals surface area contributed by atoms with Gasteiger partial charge in [-0.05, 0) is 24.5 Å². The smallest absolute Gasteiger partial charge is 0.373 e. The molecule has 0 saturated carbocycles. The molecule has 1 amide bonds. The van der Waals surface area contributed by atoms with Gasteiger partial charge >= 0.3 is 5.97 Å². The number of amides is 1. The summed E-state index contributed by atoms with van der Waals surface area (Å²) in [5.41, 5.74) is 0. The van der Waals surface area contributed by atoms with E-state index in [0.717, 1.165) is 6.42 Å². The molecule has 1 aromatic rings. The average molecular weight is 253 g/mol. The van der Waals surface area contributed by atoms with E-state index in [1.807, 2.05) is 0 Å². The van der Waals surface area contributed by atoms with Gasteiger partial charge in [0.1, 0.15) is 5.76 Å². The highest BCUT2D eigenvalue weighted by molar-refractivity contribution is 5.86. The number of carbonyl (C=O) groups is 2. The highest BCUT2D eigenvalue weighted by Crippen LogP contribution is 2.23. The quantitative estimate of drug-likeness (QED) is 0.817. The topological polar surface area (TPSA) is 68.5 Å². The lowest BCUT2D eigenvalue weighted by Crippen LogP contribution is -2.26. The van der Waals surface area contributed by atoms with E-state index < -0.39 is 5.97 Å². The number of nitrogens with one attached hydrogen (secondary N) is 1. The van der Waals surface area contributed by atoms with Gasteiger partial charge in [0.15, 0.2) is 0 Å². The van der Waals surface area contributed by atoms with Gasteiger partial charge in [0.2, 0.25) is 11.7 Å². The van der Waals surface area contributed by atoms with Gasteiger partial charge in [-0.3, -0.25) is 4.79 Å². The third-order valence-corrected chi connectivity index (χ3v) is 2.44. The second kappa shape index (κ2) is 6.23. The van der Waals surface area contributed by atoms with Gasteiger partial charge in [0.05, 0.1) is 13.2 Å². The summed E-state index contributed by atoms with van der Waals surface area (Å²) in [6.07, 6.45) is 0.744. The number of rotatable bonds is 5. The number of carbonyl (C=O) groups excluding carboxylic acids is 2. The first-order valence-corrected chi connectivity index (χ1v) is 5.89. The van der Waals surface area contributed by atoms with Crippen LogP contribution in [0.2, 0.25) is 0 Å². The van der Waals surface area contributed by atoms with Gasteiger partial charge in [-0.2, -0.15) is 0 Å². The molecule has 1 rings (SSSR count). The number of esters is 1. The molecule has 0 fully saturated rings. The van der Waals surface area contributed by atoms with Gasteiger partial charge in [0, 0.05) is 6.92 Å². The fourth-order valence-electron chi connectivity index (χ4n) is 1.71. The van der Waals surface area contributed by atoms with Crippen LogP contribution in [0.5, 0.6) is 0 Å². The Bertz CT molecular complexity index is 422. The molecule has 5 nitrogen and oxygen atoms in total. The van der Waals surface area contributed by atoms with E-state index in [1.165, 1.54) is 14.0 Å². The van der Waals surface area contributed by atoms with Gasteiger partial charge < -0.3 is 14.5 Å². The molecule has 1 N–H and O–H groups in total. The number of ether oxygens (including phenoxy) is 1. The summed E-state index contributed by atoms with van der Waals surface area (Å²) in [7, 11) is 1.30. The molecule has 0 aliphatic rings. The summed E-state index contributed by atoms with van der Waals surface area (Å²) >= 11 is 0. The van der Waals surface area contributed by atoms with Crippen LogP contribution in [0.1, 0.15) is 49.5 Å². The van der Waals surface area contributed by atoms with E-state index in [1.54, 1.807) is 12.1 Å². The number of hydrogen-bond acceptors (Lipinski definition) is 4. The maximum Gasteiger partial charge on any atom is 0.373 e. The molecule has 100 valence electrons. The minimum absolute atomic E-state index is 0.128. The first kappa shape index (κ1) is 14.3. The molecule has 0 bridgehead atoms. The number of furan rings is 1. The lowest BCUT2D eigenvalue weighted by atomic mass is 10.0. The summed E-state index contributed by atoms with van der Waals surface area (Å²) in [5.74, 6) is 0.462. The van der Waals surface area contributed by atoms with Crippen LogP contribution in [-0.4, -0.2) is 19.0 Å². The standard InChI is InChI=1S/C13H19NO4/c1-8(2)7-10(14-9(3)15)11-5-6-12(18-11)13(16)17-4/h5-6,8,10H,7H2,1-4H3,(H,14,15). The van der Waals surface area contributed by atoms with Crippen LogP contribution in [0.3, 0.4) is 0 Å². The van der Waals surface area contributed by atoms with E-state index in [0.29, 0.717) is 11.7 Å². The third kappa shape index (κ3) is 3.91. The van der Waals surface area contributed by atoms with Crippen molar-refractivity contribution in [1.82, 2.24) is 5.32 Å². The summed E-state index contributed by atoms with van der Waals surface area (Å²) in [6, 6.07) is 3.02. The van der Waals surface area contributed by atoms with E-state index >= 15 is 0 Å². The molecule has 1 unspecified atom stereocenters. The summed E-state index contributed by atoms with van der Waals surface area (Å²) in [4.78, 5) is 22.5. The summed E-state index contributed by atoms with van der Waals surface area (Å²) in [5, 5.41) is 2.81. The lowest BCUT2D eigenvalue weighted by Gasteiger charge is -2.17. The maximum atomic E-state index is 11.3. The monoisotopic (exact) mass is 253 g/mol. The largest absolute Gasteiger partial charge is 0.463 e. The molecule has 0 aromatic carbocycles. The molecule has 1 heterocycles. The van der Waals surface area contributed by atoms with E-state index in [4.69, 9.17) is 4.42 Å². The molecule has 5 heteroatoms. The van der Waals surface area contributed by atoms with E-state index in [-0.39, 0.29) is 17.7 Å². The van der Waals surface area contributed by atoms with Crippen molar-refractivity contribution in [2.45, 2.75) is 33.2 Å². The average Bonchev–Trinajstić information content (AvgIpc) is 2.75. The highest BCUT2D eigenvalue weighted by Gasteiger charge is 2.20. The molecule has 18 heavy (non-hydrogen) atoms. The van der Waals surface area contributed by atoms with Gasteiger partial charge in [-0.1, -0.05) is 13.8 Å². The molecule has 0 spiro atoms. The zero-order chi connectivity index (χ0) is 13.7. The Morgan fingerprint density at radius 1 is 1.39 bits per heavy atom. The van der Waals surface area contributed by atoms with Crippen LogP contribution in [0.4, 0.5) is 0 Å². The first-order chi connectivity index (χ1) is 8.43. The van der Waals surface area contributed by atoms with Crippen molar-refractivity contribution in [3.63, 3.8) is 0 Å². The fraction of sp³-hybridized carbons (Fsp3) is 0.538. The Kier molecular flexibility index (Phi) is 4.95. The van der Waals surface area contributed by atoms with E-state index in [2.05, 4.69) is 23.9 Å². The lowest BCUT2D eigenvalue weighted by molar-refractivity contribution is -0.119. The minimum atomic E-state index is -0.521. The Morgan fingerprint density at radius 2 is 2.06 bits per heavy atom. The van der Waals surface area contributed by atoms with Crippen molar-refractivity contribution in [2.24, 2.45) is 5.92 Å². The second-order valence-corrected chi connectivity index (χ2v) is 4.58. The van der Waals surface area contributed by atoms with Gasteiger partial charge in [0.25, 0.3) is 0 Å². The van der Waals surface area contributed by atoms with Crippen LogP contribution in [0.15, 0.2) is 16.5 Å². The second-order valence-electron chi connectivity index (χ2n) is 4.58. The van der Waals surface area contributed by atoms with Crippen molar-refractivity contribution in [2.75, 3.05) is 7.11 Å². The molecule has 0 saturated heterocycles. The van der Waals surface area contributed by atoms with Gasteiger partial charge in [-0.25, -0.2) is 4.79 Å². The van der Waals surface area contributed by atoms with Crippen LogP contribution < -0.4 is 5.32 Å². The summed E-state index contributed by atoms with van der Waals surface area (Å²) in [6.45, 7) is 5.56. The molecule has 0 aliphatic carbocycles. The van der Waals surface area contributed by atoms with Crippen LogP contribution in [0.25, 0.3) is 0 Å². The SMILES string of the molecule is COC(=O)c1ccc(C(CC(C)C)NC(C)=O)o1. The van der Waals surface area contributed by atoms with Gasteiger partial charge in [-0.15, -0.1) is 0 Å². The highest BCUT2D eigenvalue weighted by atomic mass is 16.5. The van der Waals surface area contributed by atoms with Crippen molar-refractivity contribution < 1.29 is 18.7 Å². The molecule has 1 aromatic heterocycles. The Morgan fingerprint density at radius 3 is 2.56 bits per heavy atom. The first-order valence-electron chi connectivity index (χ1n) is 5.89. The molecular weight excluding hydrogens is 234 g/mol. The molecular formula is C13H19NO4. The van der Waals surface area contributed by atoms with Crippen molar-refractivity contribution in [3.05, 3.63) is 23.7 Å². The number of methoxy groups -OCH3 is 1.